The van der Waals surface area contributed by atoms with Crippen molar-refractivity contribution in [2.75, 3.05) is 9.80 Å². The van der Waals surface area contributed by atoms with Gasteiger partial charge in [0.25, 0.3) is 0 Å². The van der Waals surface area contributed by atoms with Crippen molar-refractivity contribution in [3.8, 4) is 34.1 Å². The van der Waals surface area contributed by atoms with Gasteiger partial charge in [-0.1, -0.05) is 194 Å². The van der Waals surface area contributed by atoms with E-state index in [1.807, 2.05) is 12.1 Å². The van der Waals surface area contributed by atoms with Crippen molar-refractivity contribution < 1.29 is 9.47 Å². The van der Waals surface area contributed by atoms with Gasteiger partial charge in [-0.25, -0.2) is 0 Å². The number of para-hydroxylation sites is 8. The van der Waals surface area contributed by atoms with E-state index in [9.17, 15) is 0 Å². The summed E-state index contributed by atoms with van der Waals surface area (Å²) in [5.41, 5.74) is 21.5. The summed E-state index contributed by atoms with van der Waals surface area (Å²) in [6.45, 7) is 0. The second kappa shape index (κ2) is 16.6. The first-order valence-corrected chi connectivity index (χ1v) is 26.6. The number of anilines is 5. The van der Waals surface area contributed by atoms with Crippen molar-refractivity contribution in [3.05, 3.63) is 316 Å². The molecule has 10 aromatic rings. The lowest BCUT2D eigenvalue weighted by atomic mass is 9.67. The molecule has 0 radical (unpaired) electrons. The minimum atomic E-state index is -0.600. The summed E-state index contributed by atoms with van der Waals surface area (Å²) in [5.74, 6) is 3.98. The van der Waals surface area contributed by atoms with Gasteiger partial charge in [0.15, 0.2) is 23.0 Å². The Hall–Kier alpha value is -9.38. The summed E-state index contributed by atoms with van der Waals surface area (Å²) in [6, 6.07) is 86.5. The van der Waals surface area contributed by atoms with E-state index in [1.165, 1.54) is 66.9 Å². The Morgan fingerprint density at radius 1 is 0.421 bits per heavy atom. The highest BCUT2D eigenvalue weighted by Crippen LogP contribution is 2.62. The van der Waals surface area contributed by atoms with Crippen LogP contribution in [0.15, 0.2) is 261 Å². The van der Waals surface area contributed by atoms with Crippen LogP contribution in [-0.4, -0.2) is 0 Å². The van der Waals surface area contributed by atoms with Crippen molar-refractivity contribution in [2.24, 2.45) is 5.92 Å². The molecule has 2 aliphatic heterocycles. The highest BCUT2D eigenvalue weighted by molar-refractivity contribution is 5.93. The summed E-state index contributed by atoms with van der Waals surface area (Å²) in [5, 5.41) is 0. The first kappa shape index (κ1) is 43.1. The molecular formula is C72H50N2O2. The zero-order chi connectivity index (χ0) is 50.0. The van der Waals surface area contributed by atoms with Crippen LogP contribution in [0.2, 0.25) is 0 Å². The molecule has 10 aromatic carbocycles. The number of benzene rings is 10. The smallest absolute Gasteiger partial charge is 0.151 e. The predicted molar refractivity (Wildman–Crippen MR) is 308 cm³/mol. The molecule has 0 aromatic heterocycles. The summed E-state index contributed by atoms with van der Waals surface area (Å²) >= 11 is 0. The second-order valence-electron chi connectivity index (χ2n) is 21.2. The predicted octanol–water partition coefficient (Wildman–Crippen LogP) is 17.9. The maximum atomic E-state index is 6.49. The van der Waals surface area contributed by atoms with E-state index in [-0.39, 0.29) is 17.3 Å². The number of nitrogens with zero attached hydrogens (tertiary/aromatic N) is 2. The number of ether oxygens (including phenoxy) is 2. The molecule has 0 bridgehead atoms. The van der Waals surface area contributed by atoms with Gasteiger partial charge in [-0.15, -0.1) is 0 Å². The maximum Gasteiger partial charge on any atom is 0.151 e. The highest BCUT2D eigenvalue weighted by Gasteiger charge is 2.54. The average Bonchev–Trinajstić information content (AvgIpc) is 4.16. The van der Waals surface area contributed by atoms with Crippen LogP contribution in [0.4, 0.5) is 28.4 Å². The molecule has 360 valence electrons. The fourth-order valence-corrected chi connectivity index (χ4v) is 14.2. The number of hydrogen-bond donors (Lipinski definition) is 0. The van der Waals surface area contributed by atoms with Crippen LogP contribution < -0.4 is 19.3 Å². The van der Waals surface area contributed by atoms with Crippen molar-refractivity contribution in [2.45, 2.75) is 29.6 Å². The lowest BCUT2D eigenvalue weighted by molar-refractivity contribution is 0.342. The Morgan fingerprint density at radius 2 is 0.882 bits per heavy atom. The largest absolute Gasteiger partial charge is 0.453 e. The third-order valence-electron chi connectivity index (χ3n) is 17.4. The third-order valence-corrected chi connectivity index (χ3v) is 17.4. The van der Waals surface area contributed by atoms with Gasteiger partial charge in [-0.05, 0) is 158 Å². The molecule has 4 aliphatic carbocycles. The fraction of sp³-hybridized carbons (Fsp3) is 0.0833. The molecule has 0 saturated heterocycles. The number of rotatable bonds is 6. The summed E-state index contributed by atoms with van der Waals surface area (Å²) in [7, 11) is 0. The van der Waals surface area contributed by atoms with Gasteiger partial charge in [-0.3, -0.25) is 0 Å². The Bertz CT molecular complexity index is 3960. The molecule has 4 heteroatoms. The van der Waals surface area contributed by atoms with Gasteiger partial charge < -0.3 is 19.3 Å². The van der Waals surface area contributed by atoms with E-state index in [1.54, 1.807) is 0 Å². The number of fused-ring (bicyclic) bond motifs is 13. The van der Waals surface area contributed by atoms with Gasteiger partial charge in [0, 0.05) is 22.7 Å². The molecule has 0 fully saturated rings. The van der Waals surface area contributed by atoms with E-state index in [0.29, 0.717) is 0 Å². The Morgan fingerprint density at radius 3 is 1.45 bits per heavy atom. The fourth-order valence-electron chi connectivity index (χ4n) is 14.2. The van der Waals surface area contributed by atoms with Crippen molar-refractivity contribution in [3.63, 3.8) is 0 Å². The monoisotopic (exact) mass is 974 g/mol. The maximum absolute atomic E-state index is 6.49. The highest BCUT2D eigenvalue weighted by atomic mass is 16.5. The normalized spacial score (nSPS) is 18.0. The third kappa shape index (κ3) is 6.25. The van der Waals surface area contributed by atoms with Crippen LogP contribution in [0.3, 0.4) is 0 Å². The Kier molecular flexibility index (Phi) is 9.38. The van der Waals surface area contributed by atoms with Crippen LogP contribution in [0.5, 0.6) is 23.0 Å². The van der Waals surface area contributed by atoms with E-state index >= 15 is 0 Å². The molecule has 0 N–H and O–H groups in total. The molecule has 0 amide bonds. The van der Waals surface area contributed by atoms with Crippen LogP contribution in [0.25, 0.3) is 23.3 Å². The van der Waals surface area contributed by atoms with E-state index in [2.05, 4.69) is 265 Å². The topological polar surface area (TPSA) is 24.9 Å². The molecule has 6 aliphatic rings. The minimum absolute atomic E-state index is 0.0938. The minimum Gasteiger partial charge on any atom is -0.453 e. The van der Waals surface area contributed by atoms with E-state index < -0.39 is 5.41 Å². The molecule has 0 saturated carbocycles. The average molecular weight is 975 g/mol. The molecule has 76 heavy (non-hydrogen) atoms. The standard InChI is InChI=1S/C72H50N2O2/c1-3-19-51(20-4-1)72(52-21-5-2-6-22-52)61-42-48(34-38-57(61)58-40-36-54(44-62(58)72)74-65-25-11-15-29-69(65)76-70-30-16-12-26-66(70)74)32-31-47-33-37-55-56-39-35-53(73-63-23-9-13-27-67(63)75-68-28-14-10-24-64(68)73)43-60(56)71(59(55)41-47)45-49-17-7-8-18-50(49)46-71/h1-44,56,60H,45-46H2/b32-31+. The van der Waals surface area contributed by atoms with Crippen LogP contribution >= 0.6 is 0 Å². The van der Waals surface area contributed by atoms with Gasteiger partial charge >= 0.3 is 0 Å². The van der Waals surface area contributed by atoms with Gasteiger partial charge in [0.1, 0.15) is 0 Å². The zero-order valence-electron chi connectivity index (χ0n) is 41.7. The molecular weight excluding hydrogens is 925 g/mol. The van der Waals surface area contributed by atoms with E-state index in [0.717, 1.165) is 69.8 Å². The Balaban J connectivity index is 0.809. The van der Waals surface area contributed by atoms with Gasteiger partial charge in [0.05, 0.1) is 28.2 Å². The SMILES string of the molecule is C1=CC2c3ccc(/C=C/c4ccc5c(c4)C(c4ccccc4)(c4ccccc4)c4cc(N6c7ccccc7Oc7ccccc76)ccc4-5)cc3C3(Cc4ccccc4C3)C2C=C1N1c2ccccc2Oc2ccccc21. The molecule has 4 nitrogen and oxygen atoms in total. The summed E-state index contributed by atoms with van der Waals surface area (Å²) in [4.78, 5) is 4.77. The molecule has 16 rings (SSSR count). The first-order chi connectivity index (χ1) is 37.6. The quantitative estimate of drug-likeness (QED) is 0.155. The lowest BCUT2D eigenvalue weighted by Crippen LogP contribution is -2.34. The lowest BCUT2D eigenvalue weighted by Gasteiger charge is -2.38. The van der Waals surface area contributed by atoms with Crippen LogP contribution in [0, 0.1) is 5.92 Å². The summed E-state index contributed by atoms with van der Waals surface area (Å²) in [6.07, 6.45) is 14.1. The summed E-state index contributed by atoms with van der Waals surface area (Å²) < 4.78 is 13.0. The van der Waals surface area contributed by atoms with Crippen molar-refractivity contribution in [1.29, 1.82) is 0 Å². The van der Waals surface area contributed by atoms with Crippen LogP contribution in [-0.2, 0) is 23.7 Å². The van der Waals surface area contributed by atoms with E-state index in [4.69, 9.17) is 9.47 Å². The van der Waals surface area contributed by atoms with Crippen molar-refractivity contribution in [1.82, 2.24) is 0 Å². The zero-order valence-corrected chi connectivity index (χ0v) is 41.7. The number of hydrogen-bond acceptors (Lipinski definition) is 4. The van der Waals surface area contributed by atoms with Crippen molar-refractivity contribution >= 4 is 40.6 Å². The Labute approximate surface area is 443 Å². The van der Waals surface area contributed by atoms with Gasteiger partial charge in [0.2, 0.25) is 0 Å². The molecule has 2 atom stereocenters. The van der Waals surface area contributed by atoms with Crippen LogP contribution in [0.1, 0.15) is 61.6 Å². The first-order valence-electron chi connectivity index (χ1n) is 26.6. The second-order valence-corrected chi connectivity index (χ2v) is 21.2. The molecule has 1 spiro atoms. The molecule has 2 unspecified atom stereocenters. The number of allylic oxidation sites excluding steroid dienone is 3. The van der Waals surface area contributed by atoms with Gasteiger partial charge in [-0.2, -0.15) is 0 Å². The molecule has 2 heterocycles.